The minimum atomic E-state index is 0.226. The number of nitrogens with zero attached hydrogens (tertiary/aromatic N) is 2. The van der Waals surface area contributed by atoms with Crippen LogP contribution in [-0.4, -0.2) is 27.8 Å². The second-order valence-electron chi connectivity index (χ2n) is 6.09. The number of aryl methyl sites for hydroxylation is 1. The van der Waals surface area contributed by atoms with Gasteiger partial charge in [-0.15, -0.1) is 0 Å². The van der Waals surface area contributed by atoms with Crippen molar-refractivity contribution in [3.63, 3.8) is 0 Å². The molecule has 20 heavy (non-hydrogen) atoms. The van der Waals surface area contributed by atoms with Crippen LogP contribution in [0.5, 0.6) is 0 Å². The highest BCUT2D eigenvalue weighted by Gasteiger charge is 2.41. The number of imidazole rings is 1. The van der Waals surface area contributed by atoms with Crippen molar-refractivity contribution in [1.82, 2.24) is 14.9 Å². The first-order chi connectivity index (χ1) is 9.65. The number of aliphatic hydroxyl groups excluding tert-OH is 1. The van der Waals surface area contributed by atoms with E-state index in [2.05, 4.69) is 36.0 Å². The Morgan fingerprint density at radius 2 is 2.15 bits per heavy atom. The monoisotopic (exact) mass is 273 g/mol. The number of benzene rings is 1. The molecule has 3 rings (SSSR count). The van der Waals surface area contributed by atoms with Gasteiger partial charge in [-0.25, -0.2) is 4.98 Å². The summed E-state index contributed by atoms with van der Waals surface area (Å²) in [5, 5.41) is 12.7. The lowest BCUT2D eigenvalue weighted by Gasteiger charge is -2.19. The number of hydrogen-bond donors (Lipinski definition) is 2. The Balaban J connectivity index is 1.72. The minimum Gasteiger partial charge on any atom is -0.396 e. The molecule has 0 amide bonds. The summed E-state index contributed by atoms with van der Waals surface area (Å²) < 4.78 is 2.17. The molecule has 0 spiro atoms. The molecule has 1 aliphatic carbocycles. The van der Waals surface area contributed by atoms with Gasteiger partial charge in [0.1, 0.15) is 5.82 Å². The molecule has 2 N–H and O–H groups in total. The van der Waals surface area contributed by atoms with Gasteiger partial charge in [0.25, 0.3) is 0 Å². The van der Waals surface area contributed by atoms with Crippen LogP contribution in [-0.2, 0) is 7.05 Å². The molecule has 0 aliphatic heterocycles. The van der Waals surface area contributed by atoms with Crippen LogP contribution in [0.25, 0.3) is 11.0 Å². The van der Waals surface area contributed by atoms with Crippen LogP contribution in [0.2, 0.25) is 0 Å². The maximum absolute atomic E-state index is 9.12. The summed E-state index contributed by atoms with van der Waals surface area (Å²) in [6.45, 7) is 3.43. The predicted molar refractivity (Wildman–Crippen MR) is 80.5 cm³/mol. The summed E-state index contributed by atoms with van der Waals surface area (Å²) in [6, 6.07) is 8.46. The lowest BCUT2D eigenvalue weighted by Crippen LogP contribution is -2.28. The highest BCUT2D eigenvalue weighted by atomic mass is 16.3. The van der Waals surface area contributed by atoms with Crippen molar-refractivity contribution in [3.8, 4) is 0 Å². The van der Waals surface area contributed by atoms with E-state index in [0.717, 1.165) is 24.3 Å². The van der Waals surface area contributed by atoms with Crippen molar-refractivity contribution < 1.29 is 5.11 Å². The summed E-state index contributed by atoms with van der Waals surface area (Å²) >= 11 is 0. The molecule has 1 fully saturated rings. The fourth-order valence-corrected chi connectivity index (χ4v) is 2.94. The van der Waals surface area contributed by atoms with Crippen molar-refractivity contribution in [1.29, 1.82) is 0 Å². The Morgan fingerprint density at radius 3 is 2.80 bits per heavy atom. The number of aromatic nitrogens is 2. The van der Waals surface area contributed by atoms with Gasteiger partial charge in [0, 0.05) is 20.2 Å². The second kappa shape index (κ2) is 5.19. The van der Waals surface area contributed by atoms with Gasteiger partial charge in [0.2, 0.25) is 0 Å². The lowest BCUT2D eigenvalue weighted by atomic mass is 10.0. The van der Waals surface area contributed by atoms with Crippen LogP contribution < -0.4 is 5.32 Å². The van der Waals surface area contributed by atoms with Crippen LogP contribution in [0.15, 0.2) is 24.3 Å². The summed E-state index contributed by atoms with van der Waals surface area (Å²) in [5.41, 5.74) is 2.57. The van der Waals surface area contributed by atoms with E-state index in [9.17, 15) is 0 Å². The summed E-state index contributed by atoms with van der Waals surface area (Å²) in [6.07, 6.45) is 3.38. The van der Waals surface area contributed by atoms with Gasteiger partial charge in [-0.3, -0.25) is 0 Å². The third kappa shape index (κ3) is 2.45. The molecule has 1 saturated carbocycles. The van der Waals surface area contributed by atoms with E-state index < -0.39 is 0 Å². The zero-order valence-electron chi connectivity index (χ0n) is 12.3. The molecule has 1 aromatic carbocycles. The molecule has 4 nitrogen and oxygen atoms in total. The third-order valence-electron chi connectivity index (χ3n) is 4.59. The van der Waals surface area contributed by atoms with Crippen molar-refractivity contribution >= 4 is 11.0 Å². The summed E-state index contributed by atoms with van der Waals surface area (Å²) in [7, 11) is 2.07. The van der Waals surface area contributed by atoms with E-state index in [0.29, 0.717) is 12.0 Å². The van der Waals surface area contributed by atoms with Crippen LogP contribution in [0.4, 0.5) is 0 Å². The largest absolute Gasteiger partial charge is 0.396 e. The van der Waals surface area contributed by atoms with Gasteiger partial charge in [-0.2, -0.15) is 0 Å². The lowest BCUT2D eigenvalue weighted by molar-refractivity contribution is 0.242. The van der Waals surface area contributed by atoms with E-state index in [1.807, 2.05) is 12.1 Å². The van der Waals surface area contributed by atoms with Crippen LogP contribution in [0, 0.1) is 5.41 Å². The smallest absolute Gasteiger partial charge is 0.126 e. The highest BCUT2D eigenvalue weighted by molar-refractivity contribution is 5.75. The fraction of sp³-hybridized carbons (Fsp3) is 0.562. The third-order valence-corrected chi connectivity index (χ3v) is 4.59. The zero-order valence-corrected chi connectivity index (χ0v) is 12.3. The average Bonchev–Trinajstić information content (AvgIpc) is 3.14. The Kier molecular flexibility index (Phi) is 3.52. The van der Waals surface area contributed by atoms with Crippen molar-refractivity contribution in [3.05, 3.63) is 30.1 Å². The molecule has 0 bridgehead atoms. The number of aliphatic hydroxyl groups is 1. The molecule has 1 aromatic heterocycles. The van der Waals surface area contributed by atoms with Crippen LogP contribution in [0.3, 0.4) is 0 Å². The molecule has 1 atom stereocenters. The number of hydrogen-bond acceptors (Lipinski definition) is 3. The van der Waals surface area contributed by atoms with Gasteiger partial charge in [-0.1, -0.05) is 12.1 Å². The molecule has 4 heteroatoms. The average molecular weight is 273 g/mol. The van der Waals surface area contributed by atoms with Crippen molar-refractivity contribution in [2.75, 3.05) is 13.2 Å². The van der Waals surface area contributed by atoms with Crippen molar-refractivity contribution in [2.24, 2.45) is 12.5 Å². The van der Waals surface area contributed by atoms with Gasteiger partial charge in [0.15, 0.2) is 0 Å². The quantitative estimate of drug-likeness (QED) is 0.849. The SMILES string of the molecule is CC(NCC1(CCO)CC1)c1nc2ccccc2n1C. The Bertz CT molecular complexity index is 601. The molecule has 108 valence electrons. The normalized spacial score (nSPS) is 18.4. The molecule has 0 saturated heterocycles. The molecule has 0 radical (unpaired) electrons. The van der Waals surface area contributed by atoms with Crippen molar-refractivity contribution in [2.45, 2.75) is 32.2 Å². The van der Waals surface area contributed by atoms with E-state index >= 15 is 0 Å². The zero-order chi connectivity index (χ0) is 14.2. The Labute approximate surface area is 119 Å². The molecular weight excluding hydrogens is 250 g/mol. The van der Waals surface area contributed by atoms with Gasteiger partial charge in [0.05, 0.1) is 17.1 Å². The van der Waals surface area contributed by atoms with E-state index in [4.69, 9.17) is 10.1 Å². The van der Waals surface area contributed by atoms with E-state index in [1.54, 1.807) is 0 Å². The molecular formula is C16H23N3O. The topological polar surface area (TPSA) is 50.1 Å². The maximum Gasteiger partial charge on any atom is 0.126 e. The molecule has 1 heterocycles. The Morgan fingerprint density at radius 1 is 1.40 bits per heavy atom. The van der Waals surface area contributed by atoms with Crippen LogP contribution >= 0.6 is 0 Å². The van der Waals surface area contributed by atoms with Crippen LogP contribution in [0.1, 0.15) is 38.1 Å². The van der Waals surface area contributed by atoms with E-state index in [-0.39, 0.29) is 6.04 Å². The maximum atomic E-state index is 9.12. The predicted octanol–water partition coefficient (Wildman–Crippen LogP) is 2.39. The summed E-state index contributed by atoms with van der Waals surface area (Å²) in [4.78, 5) is 4.73. The first-order valence-electron chi connectivity index (χ1n) is 7.41. The second-order valence-corrected chi connectivity index (χ2v) is 6.09. The first-order valence-corrected chi connectivity index (χ1v) is 7.41. The number of fused-ring (bicyclic) bond motifs is 1. The first kappa shape index (κ1) is 13.6. The number of nitrogens with one attached hydrogen (secondary N) is 1. The molecule has 1 aliphatic rings. The molecule has 1 unspecified atom stereocenters. The molecule has 2 aromatic rings. The minimum absolute atomic E-state index is 0.226. The van der Waals surface area contributed by atoms with Gasteiger partial charge in [-0.05, 0) is 43.7 Å². The number of rotatable bonds is 6. The highest BCUT2D eigenvalue weighted by Crippen LogP contribution is 2.48. The number of para-hydroxylation sites is 2. The standard InChI is InChI=1S/C16H23N3O/c1-12(17-11-16(7-8-16)9-10-20)15-18-13-5-3-4-6-14(13)19(15)2/h3-6,12,17,20H,7-11H2,1-2H3. The van der Waals surface area contributed by atoms with Gasteiger partial charge >= 0.3 is 0 Å². The summed E-state index contributed by atoms with van der Waals surface area (Å²) in [5.74, 6) is 1.07. The van der Waals surface area contributed by atoms with E-state index in [1.165, 1.54) is 18.4 Å². The van der Waals surface area contributed by atoms with Gasteiger partial charge < -0.3 is 15.0 Å². The fourth-order valence-electron chi connectivity index (χ4n) is 2.94. The Hall–Kier alpha value is -1.39.